The molecule has 2 aliphatic heterocycles. The molecule has 1 amide bonds. The van der Waals surface area contributed by atoms with Crippen LogP contribution in [0.25, 0.3) is 11.4 Å². The number of carbonyl (C=O) groups excluding carboxylic acids is 1. The van der Waals surface area contributed by atoms with Gasteiger partial charge in [-0.3, -0.25) is 4.79 Å². The van der Waals surface area contributed by atoms with Crippen molar-refractivity contribution in [2.24, 2.45) is 0 Å². The lowest BCUT2D eigenvalue weighted by molar-refractivity contribution is 0.0658. The fraction of sp³-hybridized carbons (Fsp3) is 0.500. The lowest BCUT2D eigenvalue weighted by atomic mass is 10.2. The quantitative estimate of drug-likeness (QED) is 0.786. The van der Waals surface area contributed by atoms with Gasteiger partial charge in [0.05, 0.1) is 0 Å². The van der Waals surface area contributed by atoms with Crippen molar-refractivity contribution in [2.45, 2.75) is 6.92 Å². The highest BCUT2D eigenvalue weighted by Crippen LogP contribution is 2.22. The van der Waals surface area contributed by atoms with Gasteiger partial charge in [0.1, 0.15) is 11.5 Å². The molecule has 2 fully saturated rings. The van der Waals surface area contributed by atoms with Crippen molar-refractivity contribution in [3.8, 4) is 11.4 Å². The number of rotatable bonds is 4. The summed E-state index contributed by atoms with van der Waals surface area (Å²) in [4.78, 5) is 31.6. The molecule has 7 nitrogen and oxygen atoms in total. The summed E-state index contributed by atoms with van der Waals surface area (Å²) in [5.74, 6) is 1.48. The number of anilines is 1. The van der Waals surface area contributed by atoms with Crippen LogP contribution in [0.1, 0.15) is 17.4 Å². The van der Waals surface area contributed by atoms with E-state index in [1.165, 1.54) is 0 Å². The van der Waals surface area contributed by atoms with E-state index in [0.29, 0.717) is 11.5 Å². The molecule has 2 saturated heterocycles. The Hall–Kier alpha value is -2.51. The molecule has 0 unspecified atom stereocenters. The monoisotopic (exact) mass is 394 g/mol. The van der Waals surface area contributed by atoms with Crippen LogP contribution in [0.5, 0.6) is 0 Å². The van der Waals surface area contributed by atoms with E-state index in [1.807, 2.05) is 41.3 Å². The summed E-state index contributed by atoms with van der Waals surface area (Å²) in [5, 5.41) is 0. The van der Waals surface area contributed by atoms with Gasteiger partial charge in [0.25, 0.3) is 5.91 Å². The van der Waals surface area contributed by atoms with Gasteiger partial charge < -0.3 is 19.6 Å². The summed E-state index contributed by atoms with van der Waals surface area (Å²) in [7, 11) is 2.09. The van der Waals surface area contributed by atoms with Crippen LogP contribution in [-0.4, -0.2) is 96.5 Å². The van der Waals surface area contributed by atoms with Gasteiger partial charge in [-0.15, -0.1) is 0 Å². The minimum absolute atomic E-state index is 0.00567. The molecule has 1 aromatic heterocycles. The van der Waals surface area contributed by atoms with E-state index in [4.69, 9.17) is 4.98 Å². The minimum atomic E-state index is 0.00567. The van der Waals surface area contributed by atoms with E-state index in [2.05, 4.69) is 33.7 Å². The molecule has 2 aliphatic rings. The van der Waals surface area contributed by atoms with Crippen molar-refractivity contribution < 1.29 is 4.79 Å². The predicted molar refractivity (Wildman–Crippen MR) is 115 cm³/mol. The molecule has 0 aliphatic carbocycles. The minimum Gasteiger partial charge on any atom is -0.354 e. The number of likely N-dealkylation sites (N-methyl/N-ethyl adjacent to an activating group) is 2. The molecular weight excluding hydrogens is 364 g/mol. The lowest BCUT2D eigenvalue weighted by Gasteiger charge is -2.35. The van der Waals surface area contributed by atoms with E-state index in [9.17, 15) is 4.79 Å². The highest BCUT2D eigenvalue weighted by atomic mass is 16.2. The van der Waals surface area contributed by atoms with Crippen molar-refractivity contribution in [1.29, 1.82) is 0 Å². The smallest absolute Gasteiger partial charge is 0.272 e. The van der Waals surface area contributed by atoms with Gasteiger partial charge in [0, 0.05) is 64.0 Å². The summed E-state index contributed by atoms with van der Waals surface area (Å²) in [6.45, 7) is 10.4. The number of piperazine rings is 2. The first-order valence-electron chi connectivity index (χ1n) is 10.5. The van der Waals surface area contributed by atoms with Gasteiger partial charge in [-0.1, -0.05) is 37.3 Å². The van der Waals surface area contributed by atoms with Crippen LogP contribution in [-0.2, 0) is 0 Å². The second-order valence-corrected chi connectivity index (χ2v) is 7.82. The molecule has 0 bridgehead atoms. The molecule has 3 heterocycles. The second-order valence-electron chi connectivity index (χ2n) is 7.82. The third-order valence-electron chi connectivity index (χ3n) is 5.90. The Morgan fingerprint density at radius 2 is 1.62 bits per heavy atom. The van der Waals surface area contributed by atoms with Crippen LogP contribution >= 0.6 is 0 Å². The average molecular weight is 395 g/mol. The zero-order valence-electron chi connectivity index (χ0n) is 17.4. The van der Waals surface area contributed by atoms with Gasteiger partial charge in [-0.2, -0.15) is 0 Å². The molecule has 0 radical (unpaired) electrons. The number of aromatic nitrogens is 2. The molecular formula is C22H30N6O. The molecule has 0 spiro atoms. The molecule has 0 atom stereocenters. The van der Waals surface area contributed by atoms with E-state index in [0.717, 1.165) is 70.3 Å². The first kappa shape index (κ1) is 19.8. The lowest BCUT2D eigenvalue weighted by Crippen LogP contribution is -2.48. The zero-order valence-corrected chi connectivity index (χ0v) is 17.4. The van der Waals surface area contributed by atoms with Gasteiger partial charge in [-0.05, 0) is 13.6 Å². The Kier molecular flexibility index (Phi) is 6.06. The summed E-state index contributed by atoms with van der Waals surface area (Å²) in [6.07, 6.45) is 0. The van der Waals surface area contributed by atoms with Crippen molar-refractivity contribution in [2.75, 3.05) is 70.9 Å². The van der Waals surface area contributed by atoms with E-state index >= 15 is 0 Å². The van der Waals surface area contributed by atoms with Crippen molar-refractivity contribution >= 4 is 11.7 Å². The van der Waals surface area contributed by atoms with Crippen molar-refractivity contribution in [3.05, 3.63) is 42.1 Å². The Morgan fingerprint density at radius 3 is 2.28 bits per heavy atom. The maximum absolute atomic E-state index is 13.2. The Balaban J connectivity index is 1.64. The fourth-order valence-electron chi connectivity index (χ4n) is 3.89. The van der Waals surface area contributed by atoms with Crippen LogP contribution in [0, 0.1) is 0 Å². The summed E-state index contributed by atoms with van der Waals surface area (Å²) < 4.78 is 0. The topological polar surface area (TPSA) is 55.8 Å². The molecule has 29 heavy (non-hydrogen) atoms. The maximum Gasteiger partial charge on any atom is 0.272 e. The SMILES string of the molecule is CCN1CCN(c2cc(C(=O)N3CCN(C)CC3)nc(-c3ccccc3)n2)CC1. The first-order chi connectivity index (χ1) is 14.1. The van der Waals surface area contributed by atoms with Gasteiger partial charge in [-0.25, -0.2) is 9.97 Å². The molecule has 0 saturated carbocycles. The number of amides is 1. The van der Waals surface area contributed by atoms with Crippen molar-refractivity contribution in [3.63, 3.8) is 0 Å². The zero-order chi connectivity index (χ0) is 20.2. The first-order valence-corrected chi connectivity index (χ1v) is 10.5. The molecule has 4 rings (SSSR count). The molecule has 1 aromatic carbocycles. The molecule has 154 valence electrons. The normalized spacial score (nSPS) is 18.8. The highest BCUT2D eigenvalue weighted by Gasteiger charge is 2.25. The number of benzene rings is 1. The van der Waals surface area contributed by atoms with E-state index < -0.39 is 0 Å². The van der Waals surface area contributed by atoms with Crippen LogP contribution in [0.4, 0.5) is 5.82 Å². The van der Waals surface area contributed by atoms with Crippen molar-refractivity contribution in [1.82, 2.24) is 24.7 Å². The molecule has 2 aromatic rings. The Labute approximate surface area is 172 Å². The Bertz CT molecular complexity index is 826. The average Bonchev–Trinajstić information content (AvgIpc) is 2.79. The number of hydrogen-bond donors (Lipinski definition) is 0. The number of hydrogen-bond acceptors (Lipinski definition) is 6. The summed E-state index contributed by atoms with van der Waals surface area (Å²) in [5.41, 5.74) is 1.44. The van der Waals surface area contributed by atoms with Gasteiger partial charge >= 0.3 is 0 Å². The third-order valence-corrected chi connectivity index (χ3v) is 5.90. The molecule has 0 N–H and O–H groups in total. The Morgan fingerprint density at radius 1 is 0.931 bits per heavy atom. The summed E-state index contributed by atoms with van der Waals surface area (Å²) in [6, 6.07) is 11.8. The maximum atomic E-state index is 13.2. The predicted octanol–water partition coefficient (Wildman–Crippen LogP) is 1.67. The second kappa shape index (κ2) is 8.88. The third kappa shape index (κ3) is 4.57. The summed E-state index contributed by atoms with van der Waals surface area (Å²) >= 11 is 0. The van der Waals surface area contributed by atoms with Crippen LogP contribution in [0.15, 0.2) is 36.4 Å². The largest absolute Gasteiger partial charge is 0.354 e. The van der Waals surface area contributed by atoms with Gasteiger partial charge in [0.2, 0.25) is 0 Å². The highest BCUT2D eigenvalue weighted by molar-refractivity contribution is 5.93. The van der Waals surface area contributed by atoms with Crippen LogP contribution < -0.4 is 4.90 Å². The number of nitrogens with zero attached hydrogens (tertiary/aromatic N) is 6. The van der Waals surface area contributed by atoms with E-state index in [-0.39, 0.29) is 5.91 Å². The number of carbonyl (C=O) groups is 1. The fourth-order valence-corrected chi connectivity index (χ4v) is 3.89. The van der Waals surface area contributed by atoms with Crippen LogP contribution in [0.3, 0.4) is 0 Å². The van der Waals surface area contributed by atoms with Crippen LogP contribution in [0.2, 0.25) is 0 Å². The van der Waals surface area contributed by atoms with Gasteiger partial charge in [0.15, 0.2) is 5.82 Å². The standard InChI is InChI=1S/C22H30N6O/c1-3-26-11-15-27(16-12-26)20-17-19(22(29)28-13-9-25(2)10-14-28)23-21(24-20)18-7-5-4-6-8-18/h4-8,17H,3,9-16H2,1-2H3. The van der Waals surface area contributed by atoms with E-state index in [1.54, 1.807) is 0 Å². The molecule has 7 heteroatoms.